The molecule has 0 aliphatic carbocycles. The molecule has 1 aromatic heterocycles. The van der Waals surface area contributed by atoms with Crippen molar-refractivity contribution in [3.8, 4) is 6.07 Å². The smallest absolute Gasteiger partial charge is 0.257 e. The highest BCUT2D eigenvalue weighted by molar-refractivity contribution is 6.29. The number of nitrogens with zero attached hydrogens (tertiary/aromatic N) is 2. The Kier molecular flexibility index (Phi) is 3.74. The van der Waals surface area contributed by atoms with Gasteiger partial charge in [0.25, 0.3) is 5.91 Å². The Morgan fingerprint density at radius 3 is 2.79 bits per heavy atom. The molecule has 0 saturated heterocycles. The zero-order valence-electron chi connectivity index (χ0n) is 9.52. The molecule has 1 heterocycles. The van der Waals surface area contributed by atoms with Gasteiger partial charge in [0, 0.05) is 6.20 Å². The largest absolute Gasteiger partial charge is 0.321 e. The van der Waals surface area contributed by atoms with Crippen LogP contribution < -0.4 is 5.32 Å². The molecular weight excluding hydrogens is 269 g/mol. The number of benzene rings is 1. The van der Waals surface area contributed by atoms with Crippen LogP contribution in [0.5, 0.6) is 0 Å². The van der Waals surface area contributed by atoms with Gasteiger partial charge >= 0.3 is 0 Å². The van der Waals surface area contributed by atoms with Gasteiger partial charge in [-0.15, -0.1) is 0 Å². The lowest BCUT2D eigenvalue weighted by molar-refractivity contribution is 0.102. The molecule has 0 bridgehead atoms. The SMILES string of the molecule is N#Cc1c(F)cccc1NC(=O)c1ccc(Cl)nc1. The van der Waals surface area contributed by atoms with Gasteiger partial charge in [0.2, 0.25) is 0 Å². The highest BCUT2D eigenvalue weighted by Gasteiger charge is 2.12. The maximum Gasteiger partial charge on any atom is 0.257 e. The first kappa shape index (κ1) is 13.0. The van der Waals surface area contributed by atoms with Gasteiger partial charge in [-0.2, -0.15) is 5.26 Å². The Morgan fingerprint density at radius 1 is 1.37 bits per heavy atom. The highest BCUT2D eigenvalue weighted by Crippen LogP contribution is 2.18. The van der Waals surface area contributed by atoms with Gasteiger partial charge in [-0.3, -0.25) is 4.79 Å². The molecule has 1 amide bonds. The number of amides is 1. The molecule has 4 nitrogen and oxygen atoms in total. The molecule has 19 heavy (non-hydrogen) atoms. The number of halogens is 2. The van der Waals surface area contributed by atoms with E-state index in [1.54, 1.807) is 6.07 Å². The molecule has 6 heteroatoms. The molecule has 1 aromatic carbocycles. The van der Waals surface area contributed by atoms with Gasteiger partial charge in [0.1, 0.15) is 22.6 Å². The van der Waals surface area contributed by atoms with E-state index in [1.165, 1.54) is 30.5 Å². The van der Waals surface area contributed by atoms with Crippen LogP contribution in [0.2, 0.25) is 5.15 Å². The third-order valence-electron chi connectivity index (χ3n) is 2.36. The summed E-state index contributed by atoms with van der Waals surface area (Å²) in [5.41, 5.74) is 0.165. The first-order valence-corrected chi connectivity index (χ1v) is 5.61. The number of aromatic nitrogens is 1. The zero-order chi connectivity index (χ0) is 13.8. The monoisotopic (exact) mass is 275 g/mol. The van der Waals surface area contributed by atoms with Gasteiger partial charge in [-0.05, 0) is 24.3 Å². The second-order valence-electron chi connectivity index (χ2n) is 3.60. The molecule has 0 saturated carbocycles. The van der Waals surface area contributed by atoms with Crippen molar-refractivity contribution < 1.29 is 9.18 Å². The van der Waals surface area contributed by atoms with Gasteiger partial charge in [0.05, 0.1) is 11.3 Å². The third kappa shape index (κ3) is 2.87. The van der Waals surface area contributed by atoms with E-state index in [-0.39, 0.29) is 22.0 Å². The molecule has 0 aliphatic rings. The lowest BCUT2D eigenvalue weighted by Crippen LogP contribution is -2.13. The maximum absolute atomic E-state index is 13.4. The van der Waals surface area contributed by atoms with Crippen molar-refractivity contribution in [3.63, 3.8) is 0 Å². The maximum atomic E-state index is 13.4. The molecule has 1 N–H and O–H groups in total. The number of anilines is 1. The second kappa shape index (κ2) is 5.46. The topological polar surface area (TPSA) is 65.8 Å². The summed E-state index contributed by atoms with van der Waals surface area (Å²) in [7, 11) is 0. The number of hydrogen-bond acceptors (Lipinski definition) is 3. The van der Waals surface area contributed by atoms with Crippen molar-refractivity contribution in [2.75, 3.05) is 5.32 Å². The molecule has 0 fully saturated rings. The van der Waals surface area contributed by atoms with E-state index < -0.39 is 11.7 Å². The number of pyridine rings is 1. The number of nitrogens with one attached hydrogen (secondary N) is 1. The summed E-state index contributed by atoms with van der Waals surface area (Å²) >= 11 is 5.61. The number of hydrogen-bond donors (Lipinski definition) is 1. The lowest BCUT2D eigenvalue weighted by Gasteiger charge is -2.07. The molecule has 0 atom stereocenters. The van der Waals surface area contributed by atoms with Gasteiger partial charge < -0.3 is 5.32 Å². The summed E-state index contributed by atoms with van der Waals surface area (Å²) in [6.45, 7) is 0. The Bertz CT molecular complexity index is 665. The predicted octanol–water partition coefficient (Wildman–Crippen LogP) is 3.00. The van der Waals surface area contributed by atoms with Crippen LogP contribution in [-0.4, -0.2) is 10.9 Å². The molecule has 0 spiro atoms. The minimum absolute atomic E-state index is 0.113. The molecule has 2 aromatic rings. The van der Waals surface area contributed by atoms with E-state index in [4.69, 9.17) is 16.9 Å². The Balaban J connectivity index is 2.27. The second-order valence-corrected chi connectivity index (χ2v) is 3.99. The predicted molar refractivity (Wildman–Crippen MR) is 68.3 cm³/mol. The zero-order valence-corrected chi connectivity index (χ0v) is 10.3. The Labute approximate surface area is 113 Å². The Hall–Kier alpha value is -2.45. The van der Waals surface area contributed by atoms with Crippen LogP contribution in [0.3, 0.4) is 0 Å². The van der Waals surface area contributed by atoms with Gasteiger partial charge in [-0.25, -0.2) is 9.37 Å². The minimum Gasteiger partial charge on any atom is -0.321 e. The normalized spacial score (nSPS) is 9.74. The molecule has 0 unspecified atom stereocenters. The molecular formula is C13H7ClFN3O. The number of carbonyl (C=O) groups is 1. The van der Waals surface area contributed by atoms with E-state index in [0.717, 1.165) is 6.07 Å². The number of carbonyl (C=O) groups excluding carboxylic acids is 1. The van der Waals surface area contributed by atoms with Crippen LogP contribution >= 0.6 is 11.6 Å². The van der Waals surface area contributed by atoms with Crippen molar-refractivity contribution in [1.82, 2.24) is 4.98 Å². The van der Waals surface area contributed by atoms with Crippen molar-refractivity contribution in [2.45, 2.75) is 0 Å². The minimum atomic E-state index is -0.686. The van der Waals surface area contributed by atoms with Crippen molar-refractivity contribution in [3.05, 3.63) is 58.6 Å². The standard InChI is InChI=1S/C13H7ClFN3O/c14-12-5-4-8(7-17-12)13(19)18-11-3-1-2-10(15)9(11)6-16/h1-5,7H,(H,18,19). The van der Waals surface area contributed by atoms with Gasteiger partial charge in [-0.1, -0.05) is 17.7 Å². The van der Waals surface area contributed by atoms with Crippen LogP contribution in [0.4, 0.5) is 10.1 Å². The van der Waals surface area contributed by atoms with Crippen LogP contribution in [0.25, 0.3) is 0 Å². The fraction of sp³-hybridized carbons (Fsp3) is 0. The molecule has 94 valence electrons. The average Bonchev–Trinajstić information content (AvgIpc) is 2.39. The third-order valence-corrected chi connectivity index (χ3v) is 2.59. The summed E-state index contributed by atoms with van der Waals surface area (Å²) in [5.74, 6) is -1.18. The van der Waals surface area contributed by atoms with E-state index in [2.05, 4.69) is 10.3 Å². The first-order valence-electron chi connectivity index (χ1n) is 5.23. The van der Waals surface area contributed by atoms with Crippen LogP contribution in [0.15, 0.2) is 36.5 Å². The van der Waals surface area contributed by atoms with Crippen molar-refractivity contribution in [1.29, 1.82) is 5.26 Å². The quantitative estimate of drug-likeness (QED) is 0.857. The fourth-order valence-corrected chi connectivity index (χ4v) is 1.56. The average molecular weight is 276 g/mol. The molecule has 0 aliphatic heterocycles. The fourth-order valence-electron chi connectivity index (χ4n) is 1.45. The first-order chi connectivity index (χ1) is 9.11. The molecule has 2 rings (SSSR count). The van der Waals surface area contributed by atoms with Crippen LogP contribution in [0.1, 0.15) is 15.9 Å². The van der Waals surface area contributed by atoms with E-state index >= 15 is 0 Å². The molecule has 0 radical (unpaired) electrons. The van der Waals surface area contributed by atoms with Crippen LogP contribution in [-0.2, 0) is 0 Å². The number of nitriles is 1. The highest BCUT2D eigenvalue weighted by atomic mass is 35.5. The van der Waals surface area contributed by atoms with E-state index in [0.29, 0.717) is 0 Å². The summed E-state index contributed by atoms with van der Waals surface area (Å²) in [6, 6.07) is 8.66. The van der Waals surface area contributed by atoms with E-state index in [1.807, 2.05) is 0 Å². The van der Waals surface area contributed by atoms with Crippen molar-refractivity contribution in [2.24, 2.45) is 0 Å². The summed E-state index contributed by atoms with van der Waals surface area (Å²) < 4.78 is 13.4. The Morgan fingerprint density at radius 2 is 2.16 bits per heavy atom. The van der Waals surface area contributed by atoms with E-state index in [9.17, 15) is 9.18 Å². The summed E-state index contributed by atoms with van der Waals surface area (Å²) in [4.78, 5) is 15.6. The number of rotatable bonds is 2. The van der Waals surface area contributed by atoms with Crippen LogP contribution in [0, 0.1) is 17.1 Å². The summed E-state index contributed by atoms with van der Waals surface area (Å²) in [6.07, 6.45) is 1.29. The van der Waals surface area contributed by atoms with Crippen molar-refractivity contribution >= 4 is 23.2 Å². The van der Waals surface area contributed by atoms with Gasteiger partial charge in [0.15, 0.2) is 0 Å². The lowest BCUT2D eigenvalue weighted by atomic mass is 10.1. The summed E-state index contributed by atoms with van der Waals surface area (Å²) in [5, 5.41) is 11.6.